The summed E-state index contributed by atoms with van der Waals surface area (Å²) in [6, 6.07) is -5.03. The fourth-order valence-electron chi connectivity index (χ4n) is 2.91. The first-order valence-corrected chi connectivity index (χ1v) is 10.7. The normalized spacial score (nSPS) is 15.5. The van der Waals surface area contributed by atoms with Gasteiger partial charge in [-0.2, -0.15) is 0 Å². The lowest BCUT2D eigenvalue weighted by atomic mass is 9.96. The number of nitrogens with two attached hydrogens (primary N) is 3. The van der Waals surface area contributed by atoms with E-state index >= 15 is 0 Å². The molecule has 0 aliphatic carbocycles. The second-order valence-corrected chi connectivity index (χ2v) is 8.41. The summed E-state index contributed by atoms with van der Waals surface area (Å²) in [5, 5.41) is 16.5. The van der Waals surface area contributed by atoms with Gasteiger partial charge in [0.05, 0.1) is 18.9 Å². The summed E-state index contributed by atoms with van der Waals surface area (Å²) < 4.78 is 0. The molecule has 0 fully saturated rings. The van der Waals surface area contributed by atoms with Gasteiger partial charge in [-0.15, -0.1) is 0 Å². The highest BCUT2D eigenvalue weighted by atomic mass is 16.4. The molecule has 0 saturated heterocycles. The van der Waals surface area contributed by atoms with Crippen molar-refractivity contribution in [2.24, 2.45) is 29.0 Å². The van der Waals surface area contributed by atoms with E-state index in [-0.39, 0.29) is 12.3 Å². The Morgan fingerprint density at radius 2 is 1.30 bits per heavy atom. The topological polar surface area (TPSA) is 237 Å². The fraction of sp³-hybridized carbons (Fsp3) is 0.700. The van der Waals surface area contributed by atoms with Crippen LogP contribution in [0.15, 0.2) is 0 Å². The van der Waals surface area contributed by atoms with Crippen molar-refractivity contribution in [1.29, 1.82) is 0 Å². The Balaban J connectivity index is 5.59. The van der Waals surface area contributed by atoms with Gasteiger partial charge >= 0.3 is 5.97 Å². The number of hydrogen-bond acceptors (Lipinski definition) is 7. The van der Waals surface area contributed by atoms with Crippen molar-refractivity contribution in [3.8, 4) is 0 Å². The molecule has 0 heterocycles. The minimum atomic E-state index is -1.56. The standard InChI is InChI=1S/C20H36N6O7/c1-5-10(4)16(19(31)25-13(20(32)33)8-15(23)28)26-18(30)12(6-9(2)3)24-17(29)11(21)7-14(22)27/h9-13,16H,5-8,21H2,1-4H3,(H2,22,27)(H2,23,28)(H,24,29)(H,25,31)(H,26,30)(H,32,33)/t10-,11-,12-,13-,16-/m0/s1. The summed E-state index contributed by atoms with van der Waals surface area (Å²) in [5.74, 6) is -5.85. The number of primary amides is 2. The third kappa shape index (κ3) is 11.3. The zero-order chi connectivity index (χ0) is 25.9. The first-order chi connectivity index (χ1) is 15.2. The van der Waals surface area contributed by atoms with E-state index in [1.54, 1.807) is 13.8 Å². The van der Waals surface area contributed by atoms with Crippen molar-refractivity contribution in [1.82, 2.24) is 16.0 Å². The van der Waals surface area contributed by atoms with Crippen molar-refractivity contribution >= 4 is 35.5 Å². The van der Waals surface area contributed by atoms with Crippen LogP contribution in [0.5, 0.6) is 0 Å². The zero-order valence-electron chi connectivity index (χ0n) is 19.4. The SMILES string of the molecule is CC[C@H](C)[C@H](NC(=O)[C@H](CC(C)C)NC(=O)[C@@H](N)CC(N)=O)C(=O)N[C@@H](CC(N)=O)C(=O)O. The maximum Gasteiger partial charge on any atom is 0.326 e. The Hall–Kier alpha value is -3.22. The molecule has 0 aliphatic rings. The van der Waals surface area contributed by atoms with Crippen LogP contribution in [0.25, 0.3) is 0 Å². The van der Waals surface area contributed by atoms with Gasteiger partial charge in [-0.3, -0.25) is 24.0 Å². The number of carboxylic acids is 1. The van der Waals surface area contributed by atoms with Gasteiger partial charge in [0, 0.05) is 0 Å². The van der Waals surface area contributed by atoms with Crippen molar-refractivity contribution in [2.75, 3.05) is 0 Å². The fourth-order valence-corrected chi connectivity index (χ4v) is 2.91. The number of hydrogen-bond donors (Lipinski definition) is 7. The van der Waals surface area contributed by atoms with Crippen LogP contribution in [0.3, 0.4) is 0 Å². The van der Waals surface area contributed by atoms with E-state index < -0.39 is 78.4 Å². The van der Waals surface area contributed by atoms with Gasteiger partial charge in [-0.25, -0.2) is 4.79 Å². The van der Waals surface area contributed by atoms with Gasteiger partial charge < -0.3 is 38.3 Å². The van der Waals surface area contributed by atoms with Gasteiger partial charge in [0.25, 0.3) is 0 Å². The predicted molar refractivity (Wildman–Crippen MR) is 118 cm³/mol. The molecule has 33 heavy (non-hydrogen) atoms. The number of nitrogens with one attached hydrogen (secondary N) is 3. The van der Waals surface area contributed by atoms with Crippen molar-refractivity contribution in [2.45, 2.75) is 77.5 Å². The molecule has 13 nitrogen and oxygen atoms in total. The predicted octanol–water partition coefficient (Wildman–Crippen LogP) is -2.30. The second-order valence-electron chi connectivity index (χ2n) is 8.41. The van der Waals surface area contributed by atoms with Crippen molar-refractivity contribution < 1.29 is 33.9 Å². The molecule has 188 valence electrons. The number of aliphatic carboxylic acids is 1. The van der Waals surface area contributed by atoms with Crippen molar-refractivity contribution in [3.05, 3.63) is 0 Å². The highest BCUT2D eigenvalue weighted by Gasteiger charge is 2.33. The second kappa shape index (κ2) is 14.0. The first kappa shape index (κ1) is 29.8. The lowest BCUT2D eigenvalue weighted by Crippen LogP contribution is -2.59. The molecule has 10 N–H and O–H groups in total. The van der Waals surface area contributed by atoms with E-state index in [0.29, 0.717) is 6.42 Å². The van der Waals surface area contributed by atoms with Gasteiger partial charge in [-0.05, 0) is 18.3 Å². The molecule has 0 aromatic rings. The number of carbonyl (C=O) groups excluding carboxylic acids is 5. The van der Waals surface area contributed by atoms with Crippen molar-refractivity contribution in [3.63, 3.8) is 0 Å². The quantitative estimate of drug-likeness (QED) is 0.136. The maximum atomic E-state index is 13.0. The molecule has 0 aliphatic heterocycles. The molecule has 5 amide bonds. The summed E-state index contributed by atoms with van der Waals surface area (Å²) in [6.07, 6.45) is -0.367. The molecule has 5 atom stereocenters. The van der Waals surface area contributed by atoms with Gasteiger partial charge in [0.15, 0.2) is 0 Å². The van der Waals surface area contributed by atoms with E-state index in [0.717, 1.165) is 0 Å². The Labute approximate surface area is 192 Å². The number of amides is 5. The van der Waals surface area contributed by atoms with Crippen LogP contribution in [-0.2, 0) is 28.8 Å². The molecule has 0 unspecified atom stereocenters. The van der Waals surface area contributed by atoms with E-state index in [4.69, 9.17) is 17.2 Å². The minimum absolute atomic E-state index is 0.0313. The summed E-state index contributed by atoms with van der Waals surface area (Å²) in [6.45, 7) is 7.07. The van der Waals surface area contributed by atoms with Gasteiger partial charge in [0.2, 0.25) is 29.5 Å². The zero-order valence-corrected chi connectivity index (χ0v) is 19.4. The molecule has 13 heteroatoms. The molecule has 0 aromatic heterocycles. The largest absolute Gasteiger partial charge is 0.480 e. The Morgan fingerprint density at radius 1 is 0.788 bits per heavy atom. The van der Waals surface area contributed by atoms with E-state index in [2.05, 4.69) is 16.0 Å². The van der Waals surface area contributed by atoms with Gasteiger partial charge in [0.1, 0.15) is 18.1 Å². The lowest BCUT2D eigenvalue weighted by molar-refractivity contribution is -0.144. The molecule has 0 radical (unpaired) electrons. The maximum absolute atomic E-state index is 13.0. The lowest BCUT2D eigenvalue weighted by Gasteiger charge is -2.28. The van der Waals surface area contributed by atoms with Crippen LogP contribution in [0.1, 0.15) is 53.4 Å². The van der Waals surface area contributed by atoms with E-state index in [1.165, 1.54) is 0 Å². The van der Waals surface area contributed by atoms with Crippen LogP contribution >= 0.6 is 0 Å². The molecular formula is C20H36N6O7. The number of rotatable bonds is 15. The van der Waals surface area contributed by atoms with Crippen LogP contribution in [0, 0.1) is 11.8 Å². The van der Waals surface area contributed by atoms with Crippen LogP contribution in [0.4, 0.5) is 0 Å². The Morgan fingerprint density at radius 3 is 1.73 bits per heavy atom. The Bertz CT molecular complexity index is 742. The monoisotopic (exact) mass is 472 g/mol. The van der Waals surface area contributed by atoms with E-state index in [9.17, 15) is 33.9 Å². The molecule has 0 aromatic carbocycles. The highest BCUT2D eigenvalue weighted by Crippen LogP contribution is 2.12. The van der Waals surface area contributed by atoms with Crippen LogP contribution in [-0.4, -0.2) is 64.8 Å². The first-order valence-electron chi connectivity index (χ1n) is 10.7. The average Bonchev–Trinajstić information content (AvgIpc) is 2.68. The van der Waals surface area contributed by atoms with Gasteiger partial charge in [-0.1, -0.05) is 34.1 Å². The molecule has 0 bridgehead atoms. The molecule has 0 saturated carbocycles. The summed E-state index contributed by atoms with van der Waals surface area (Å²) in [5.41, 5.74) is 15.7. The average molecular weight is 473 g/mol. The summed E-state index contributed by atoms with van der Waals surface area (Å²) in [7, 11) is 0. The molecule has 0 spiro atoms. The highest BCUT2D eigenvalue weighted by molar-refractivity contribution is 5.95. The molecule has 0 rings (SSSR count). The van der Waals surface area contributed by atoms with Crippen LogP contribution in [0.2, 0.25) is 0 Å². The van der Waals surface area contributed by atoms with E-state index in [1.807, 2.05) is 13.8 Å². The third-order valence-electron chi connectivity index (χ3n) is 4.91. The minimum Gasteiger partial charge on any atom is -0.480 e. The Kier molecular flexibility index (Phi) is 12.7. The summed E-state index contributed by atoms with van der Waals surface area (Å²) >= 11 is 0. The van der Waals surface area contributed by atoms with Crippen LogP contribution < -0.4 is 33.2 Å². The molecular weight excluding hydrogens is 436 g/mol. The summed E-state index contributed by atoms with van der Waals surface area (Å²) in [4.78, 5) is 71.5. The smallest absolute Gasteiger partial charge is 0.326 e. The number of carboxylic acid groups (broad SMARTS) is 1. The third-order valence-corrected chi connectivity index (χ3v) is 4.91. The number of carbonyl (C=O) groups is 6.